The Morgan fingerprint density at radius 2 is 1.85 bits per heavy atom. The van der Waals surface area contributed by atoms with Crippen molar-refractivity contribution in [3.63, 3.8) is 0 Å². The fourth-order valence-corrected chi connectivity index (χ4v) is 2.93. The van der Waals surface area contributed by atoms with Crippen LogP contribution in [0.1, 0.15) is 10.4 Å². The minimum atomic E-state index is -3.22. The Morgan fingerprint density at radius 3 is 2.35 bits per heavy atom. The van der Waals surface area contributed by atoms with Gasteiger partial charge in [0.05, 0.1) is 17.4 Å². The molecule has 0 aliphatic carbocycles. The SMILES string of the molecule is O=C(Nc1ccc(C(=O)O)cc1)NC1C=CS(=O)(=O)C1. The monoisotopic (exact) mass is 296 g/mol. The van der Waals surface area contributed by atoms with Crippen molar-refractivity contribution in [2.24, 2.45) is 0 Å². The molecule has 20 heavy (non-hydrogen) atoms. The Labute approximate surface area is 115 Å². The summed E-state index contributed by atoms with van der Waals surface area (Å²) >= 11 is 0. The standard InChI is InChI=1S/C12H12N2O5S/c15-11(16)8-1-3-9(4-2-8)13-12(17)14-10-5-6-20(18,19)7-10/h1-6,10H,7H2,(H,15,16)(H2,13,14,17). The molecule has 0 fully saturated rings. The van der Waals surface area contributed by atoms with Gasteiger partial charge in [-0.25, -0.2) is 18.0 Å². The van der Waals surface area contributed by atoms with E-state index in [1.807, 2.05) is 0 Å². The molecule has 0 radical (unpaired) electrons. The van der Waals surface area contributed by atoms with Crippen molar-refractivity contribution in [2.45, 2.75) is 6.04 Å². The lowest BCUT2D eigenvalue weighted by molar-refractivity contribution is 0.0697. The van der Waals surface area contributed by atoms with Crippen LogP contribution in [0.2, 0.25) is 0 Å². The number of carbonyl (C=O) groups excluding carboxylic acids is 1. The van der Waals surface area contributed by atoms with Gasteiger partial charge < -0.3 is 15.7 Å². The van der Waals surface area contributed by atoms with Gasteiger partial charge in [0.2, 0.25) is 0 Å². The maximum atomic E-state index is 11.6. The summed E-state index contributed by atoms with van der Waals surface area (Å²) in [4.78, 5) is 22.3. The number of urea groups is 1. The highest BCUT2D eigenvalue weighted by molar-refractivity contribution is 7.94. The van der Waals surface area contributed by atoms with E-state index in [0.717, 1.165) is 5.41 Å². The predicted molar refractivity (Wildman–Crippen MR) is 72.3 cm³/mol. The largest absolute Gasteiger partial charge is 0.478 e. The van der Waals surface area contributed by atoms with Gasteiger partial charge in [-0.1, -0.05) is 0 Å². The minimum absolute atomic E-state index is 0.112. The Kier molecular flexibility index (Phi) is 3.75. The summed E-state index contributed by atoms with van der Waals surface area (Å²) in [5, 5.41) is 14.8. The van der Waals surface area contributed by atoms with E-state index in [0.29, 0.717) is 5.69 Å². The highest BCUT2D eigenvalue weighted by atomic mass is 32.2. The van der Waals surface area contributed by atoms with Crippen molar-refractivity contribution >= 4 is 27.5 Å². The van der Waals surface area contributed by atoms with Gasteiger partial charge in [-0.15, -0.1) is 0 Å². The molecular formula is C12H12N2O5S. The lowest BCUT2D eigenvalue weighted by atomic mass is 10.2. The molecule has 1 atom stereocenters. The fourth-order valence-electron chi connectivity index (χ4n) is 1.70. The van der Waals surface area contributed by atoms with Gasteiger partial charge in [0.15, 0.2) is 9.84 Å². The van der Waals surface area contributed by atoms with E-state index >= 15 is 0 Å². The summed E-state index contributed by atoms with van der Waals surface area (Å²) in [6.07, 6.45) is 1.41. The molecular weight excluding hydrogens is 284 g/mol. The van der Waals surface area contributed by atoms with Crippen molar-refractivity contribution in [3.8, 4) is 0 Å². The van der Waals surface area contributed by atoms with Gasteiger partial charge in [0.25, 0.3) is 0 Å². The highest BCUT2D eigenvalue weighted by Gasteiger charge is 2.22. The number of carboxylic acids is 1. The first-order valence-electron chi connectivity index (χ1n) is 5.67. The third-order valence-electron chi connectivity index (χ3n) is 2.64. The van der Waals surface area contributed by atoms with Crippen LogP contribution >= 0.6 is 0 Å². The van der Waals surface area contributed by atoms with Gasteiger partial charge in [-0.2, -0.15) is 0 Å². The van der Waals surface area contributed by atoms with E-state index in [1.165, 1.54) is 30.3 Å². The summed E-state index contributed by atoms with van der Waals surface area (Å²) in [6, 6.07) is 4.50. The molecule has 0 bridgehead atoms. The van der Waals surface area contributed by atoms with Crippen molar-refractivity contribution < 1.29 is 23.1 Å². The van der Waals surface area contributed by atoms with Crippen LogP contribution in [0.15, 0.2) is 35.7 Å². The lowest BCUT2D eigenvalue weighted by Crippen LogP contribution is -2.38. The number of sulfone groups is 1. The molecule has 106 valence electrons. The number of benzene rings is 1. The summed E-state index contributed by atoms with van der Waals surface area (Å²) < 4.78 is 22.3. The van der Waals surface area contributed by atoms with Crippen LogP contribution in [0.25, 0.3) is 0 Å². The number of amides is 2. The Balaban J connectivity index is 1.92. The van der Waals surface area contributed by atoms with E-state index in [9.17, 15) is 18.0 Å². The quantitative estimate of drug-likeness (QED) is 0.764. The van der Waals surface area contributed by atoms with E-state index in [-0.39, 0.29) is 11.3 Å². The molecule has 0 saturated carbocycles. The summed E-state index contributed by atoms with van der Waals surface area (Å²) in [5.74, 6) is -1.21. The zero-order valence-corrected chi connectivity index (χ0v) is 11.1. The van der Waals surface area contributed by atoms with Gasteiger partial charge in [0.1, 0.15) is 0 Å². The van der Waals surface area contributed by atoms with Crippen LogP contribution in [0.4, 0.5) is 10.5 Å². The first-order valence-corrected chi connectivity index (χ1v) is 7.39. The molecule has 1 unspecified atom stereocenters. The summed E-state index contributed by atoms with van der Waals surface area (Å²) in [6.45, 7) is 0. The number of anilines is 1. The maximum Gasteiger partial charge on any atom is 0.335 e. The molecule has 1 aromatic carbocycles. The molecule has 0 aromatic heterocycles. The van der Waals surface area contributed by atoms with Crippen LogP contribution in [-0.2, 0) is 9.84 Å². The summed E-state index contributed by atoms with van der Waals surface area (Å²) in [7, 11) is -3.22. The molecule has 3 N–H and O–H groups in total. The van der Waals surface area contributed by atoms with Crippen molar-refractivity contribution in [2.75, 3.05) is 11.1 Å². The van der Waals surface area contributed by atoms with Gasteiger partial charge in [0, 0.05) is 11.1 Å². The number of hydrogen-bond acceptors (Lipinski definition) is 4. The Morgan fingerprint density at radius 1 is 1.20 bits per heavy atom. The van der Waals surface area contributed by atoms with Gasteiger partial charge in [-0.3, -0.25) is 0 Å². The van der Waals surface area contributed by atoms with Crippen molar-refractivity contribution in [1.82, 2.24) is 5.32 Å². The average Bonchev–Trinajstić information content (AvgIpc) is 2.69. The molecule has 2 rings (SSSR count). The smallest absolute Gasteiger partial charge is 0.335 e. The van der Waals surface area contributed by atoms with Gasteiger partial charge >= 0.3 is 12.0 Å². The Bertz CT molecular complexity index is 664. The van der Waals surface area contributed by atoms with Crippen LogP contribution in [-0.4, -0.2) is 37.3 Å². The molecule has 7 nitrogen and oxygen atoms in total. The van der Waals surface area contributed by atoms with Crippen LogP contribution in [0.3, 0.4) is 0 Å². The number of rotatable bonds is 3. The zero-order chi connectivity index (χ0) is 14.8. The first kappa shape index (κ1) is 14.1. The second-order valence-corrected chi connectivity index (χ2v) is 6.18. The zero-order valence-electron chi connectivity index (χ0n) is 10.2. The number of nitrogens with one attached hydrogen (secondary N) is 2. The second kappa shape index (κ2) is 5.33. The molecule has 1 aromatic rings. The van der Waals surface area contributed by atoms with E-state index in [2.05, 4.69) is 10.6 Å². The average molecular weight is 296 g/mol. The van der Waals surface area contributed by atoms with Gasteiger partial charge in [-0.05, 0) is 30.3 Å². The second-order valence-electron chi connectivity index (χ2n) is 4.25. The number of carbonyl (C=O) groups is 2. The number of hydrogen-bond donors (Lipinski definition) is 3. The van der Waals surface area contributed by atoms with E-state index in [1.54, 1.807) is 0 Å². The fraction of sp³-hybridized carbons (Fsp3) is 0.167. The van der Waals surface area contributed by atoms with Crippen LogP contribution in [0, 0.1) is 0 Å². The maximum absolute atomic E-state index is 11.6. The third kappa shape index (κ3) is 3.58. The first-order chi connectivity index (χ1) is 9.35. The molecule has 1 heterocycles. The van der Waals surface area contributed by atoms with E-state index < -0.39 is 27.9 Å². The molecule has 0 spiro atoms. The van der Waals surface area contributed by atoms with Crippen LogP contribution in [0.5, 0.6) is 0 Å². The molecule has 2 amide bonds. The molecule has 0 saturated heterocycles. The Hall–Kier alpha value is -2.35. The van der Waals surface area contributed by atoms with E-state index in [4.69, 9.17) is 5.11 Å². The highest BCUT2D eigenvalue weighted by Crippen LogP contribution is 2.11. The lowest BCUT2D eigenvalue weighted by Gasteiger charge is -2.11. The molecule has 1 aliphatic heterocycles. The number of aromatic carboxylic acids is 1. The van der Waals surface area contributed by atoms with Crippen molar-refractivity contribution in [1.29, 1.82) is 0 Å². The minimum Gasteiger partial charge on any atom is -0.478 e. The predicted octanol–water partition coefficient (Wildman–Crippen LogP) is 0.817. The normalized spacial score (nSPS) is 19.5. The van der Waals surface area contributed by atoms with Crippen molar-refractivity contribution in [3.05, 3.63) is 41.3 Å². The third-order valence-corrected chi connectivity index (χ3v) is 4.03. The molecule has 8 heteroatoms. The molecule has 1 aliphatic rings. The van der Waals surface area contributed by atoms with Crippen LogP contribution < -0.4 is 10.6 Å². The number of carboxylic acid groups (broad SMARTS) is 1. The summed E-state index contributed by atoms with van der Waals surface area (Å²) in [5.41, 5.74) is 0.526. The topological polar surface area (TPSA) is 113 Å².